The highest BCUT2D eigenvalue weighted by Gasteiger charge is 2.06. The lowest BCUT2D eigenvalue weighted by Gasteiger charge is -2.24. The fourth-order valence-electron chi connectivity index (χ4n) is 1.72. The van der Waals surface area contributed by atoms with E-state index in [-0.39, 0.29) is 0 Å². The molecule has 0 aliphatic heterocycles. The molecule has 1 aromatic carbocycles. The van der Waals surface area contributed by atoms with E-state index >= 15 is 0 Å². The molecular formula is C14H24N2O. The highest BCUT2D eigenvalue weighted by molar-refractivity contribution is 5.67. The van der Waals surface area contributed by atoms with Crippen LogP contribution in [0.4, 0.5) is 11.4 Å². The van der Waals surface area contributed by atoms with Crippen LogP contribution in [0.1, 0.15) is 20.8 Å². The number of nitrogens with two attached hydrogens (primary N) is 1. The summed E-state index contributed by atoms with van der Waals surface area (Å²) in [5, 5.41) is 0. The number of likely N-dealkylation sites (N-methyl/N-ethyl adjacent to an activating group) is 1. The predicted molar refractivity (Wildman–Crippen MR) is 74.4 cm³/mol. The van der Waals surface area contributed by atoms with Crippen LogP contribution in [0.5, 0.6) is 0 Å². The maximum atomic E-state index is 5.97. The van der Waals surface area contributed by atoms with E-state index in [0.717, 1.165) is 37.7 Å². The third kappa shape index (κ3) is 4.65. The molecule has 0 aliphatic rings. The number of rotatable bonds is 7. The maximum Gasteiger partial charge on any atom is 0.0641 e. The fourth-order valence-corrected chi connectivity index (χ4v) is 1.72. The van der Waals surface area contributed by atoms with Crippen LogP contribution in [0.25, 0.3) is 0 Å². The smallest absolute Gasteiger partial charge is 0.0641 e. The summed E-state index contributed by atoms with van der Waals surface area (Å²) in [5.74, 6) is 0.590. The molecule has 0 atom stereocenters. The van der Waals surface area contributed by atoms with Gasteiger partial charge in [0.1, 0.15) is 0 Å². The Bertz CT molecular complexity index is 326. The van der Waals surface area contributed by atoms with Gasteiger partial charge < -0.3 is 15.4 Å². The molecule has 2 N–H and O–H groups in total. The van der Waals surface area contributed by atoms with Crippen molar-refractivity contribution in [2.45, 2.75) is 20.8 Å². The lowest BCUT2D eigenvalue weighted by molar-refractivity contribution is 0.115. The van der Waals surface area contributed by atoms with Crippen LogP contribution in [-0.4, -0.2) is 26.3 Å². The largest absolute Gasteiger partial charge is 0.397 e. The van der Waals surface area contributed by atoms with E-state index in [4.69, 9.17) is 10.5 Å². The molecule has 17 heavy (non-hydrogen) atoms. The van der Waals surface area contributed by atoms with Gasteiger partial charge in [-0.1, -0.05) is 26.0 Å². The van der Waals surface area contributed by atoms with Gasteiger partial charge in [-0.25, -0.2) is 0 Å². The fraction of sp³-hybridized carbons (Fsp3) is 0.571. The zero-order valence-electron chi connectivity index (χ0n) is 11.1. The highest BCUT2D eigenvalue weighted by Crippen LogP contribution is 2.21. The zero-order chi connectivity index (χ0) is 12.7. The monoisotopic (exact) mass is 236 g/mol. The van der Waals surface area contributed by atoms with Crippen LogP contribution >= 0.6 is 0 Å². The Morgan fingerprint density at radius 1 is 1.29 bits per heavy atom. The molecule has 3 heteroatoms. The minimum Gasteiger partial charge on any atom is -0.397 e. The van der Waals surface area contributed by atoms with Crippen LogP contribution in [0, 0.1) is 5.92 Å². The van der Waals surface area contributed by atoms with Crippen LogP contribution in [0.2, 0.25) is 0 Å². The Balaban J connectivity index is 2.46. The molecule has 0 unspecified atom stereocenters. The van der Waals surface area contributed by atoms with Crippen molar-refractivity contribution >= 4 is 11.4 Å². The van der Waals surface area contributed by atoms with Crippen LogP contribution < -0.4 is 10.6 Å². The van der Waals surface area contributed by atoms with Gasteiger partial charge in [-0.05, 0) is 25.0 Å². The molecule has 0 spiro atoms. The number of nitrogen functional groups attached to an aromatic ring is 1. The van der Waals surface area contributed by atoms with Gasteiger partial charge in [0.25, 0.3) is 0 Å². The number of hydrogen-bond donors (Lipinski definition) is 1. The average Bonchev–Trinajstić information content (AvgIpc) is 2.30. The molecule has 0 bridgehead atoms. The third-order valence-corrected chi connectivity index (χ3v) is 2.62. The summed E-state index contributed by atoms with van der Waals surface area (Å²) in [6.45, 7) is 9.85. The second-order valence-corrected chi connectivity index (χ2v) is 4.61. The molecule has 0 heterocycles. The summed E-state index contributed by atoms with van der Waals surface area (Å²) < 4.78 is 5.61. The first-order valence-corrected chi connectivity index (χ1v) is 6.32. The van der Waals surface area contributed by atoms with Gasteiger partial charge in [-0.2, -0.15) is 0 Å². The van der Waals surface area contributed by atoms with E-state index in [1.165, 1.54) is 0 Å². The van der Waals surface area contributed by atoms with E-state index < -0.39 is 0 Å². The predicted octanol–water partition coefficient (Wildman–Crippen LogP) is 2.77. The lowest BCUT2D eigenvalue weighted by atomic mass is 10.2. The van der Waals surface area contributed by atoms with E-state index in [9.17, 15) is 0 Å². The number of nitrogens with zero attached hydrogens (tertiary/aromatic N) is 1. The number of ether oxygens (including phenoxy) is 1. The first kappa shape index (κ1) is 13.8. The summed E-state index contributed by atoms with van der Waals surface area (Å²) in [7, 11) is 0. The molecule has 0 fully saturated rings. The second-order valence-electron chi connectivity index (χ2n) is 4.61. The molecule has 96 valence electrons. The van der Waals surface area contributed by atoms with Crippen molar-refractivity contribution in [3.63, 3.8) is 0 Å². The minimum absolute atomic E-state index is 0.590. The molecule has 0 radical (unpaired) electrons. The number of anilines is 2. The quantitative estimate of drug-likeness (QED) is 0.584. The van der Waals surface area contributed by atoms with Crippen molar-refractivity contribution in [3.05, 3.63) is 24.3 Å². The third-order valence-electron chi connectivity index (χ3n) is 2.62. The van der Waals surface area contributed by atoms with E-state index in [2.05, 4.69) is 31.7 Å². The van der Waals surface area contributed by atoms with E-state index in [0.29, 0.717) is 5.92 Å². The molecule has 1 aromatic rings. The van der Waals surface area contributed by atoms with Crippen LogP contribution in [0.15, 0.2) is 24.3 Å². The standard InChI is InChI=1S/C14H24N2O/c1-4-16(9-10-17-11-12(2)3)14-8-6-5-7-13(14)15/h5-8,12H,4,9-11,15H2,1-3H3. The SMILES string of the molecule is CCN(CCOCC(C)C)c1ccccc1N. The lowest BCUT2D eigenvalue weighted by Crippen LogP contribution is -2.28. The Hall–Kier alpha value is -1.22. The topological polar surface area (TPSA) is 38.5 Å². The Labute approximate surface area is 105 Å². The molecule has 1 rings (SSSR count). The molecule has 3 nitrogen and oxygen atoms in total. The highest BCUT2D eigenvalue weighted by atomic mass is 16.5. The van der Waals surface area contributed by atoms with Gasteiger partial charge in [0.2, 0.25) is 0 Å². The van der Waals surface area contributed by atoms with Crippen molar-refractivity contribution in [1.82, 2.24) is 0 Å². The minimum atomic E-state index is 0.590. The summed E-state index contributed by atoms with van der Waals surface area (Å²) >= 11 is 0. The normalized spacial score (nSPS) is 10.8. The summed E-state index contributed by atoms with van der Waals surface area (Å²) in [4.78, 5) is 2.25. The number of hydrogen-bond acceptors (Lipinski definition) is 3. The molecule has 0 amide bonds. The van der Waals surface area contributed by atoms with Crippen molar-refractivity contribution < 1.29 is 4.74 Å². The van der Waals surface area contributed by atoms with Gasteiger partial charge in [-0.3, -0.25) is 0 Å². The molecule has 0 saturated carbocycles. The van der Waals surface area contributed by atoms with Crippen molar-refractivity contribution in [1.29, 1.82) is 0 Å². The van der Waals surface area contributed by atoms with Gasteiger partial charge in [-0.15, -0.1) is 0 Å². The Kier molecular flexibility index (Phi) is 5.84. The van der Waals surface area contributed by atoms with Crippen molar-refractivity contribution in [3.8, 4) is 0 Å². The van der Waals surface area contributed by atoms with Crippen LogP contribution in [-0.2, 0) is 4.74 Å². The van der Waals surface area contributed by atoms with Crippen molar-refractivity contribution in [2.24, 2.45) is 5.92 Å². The average molecular weight is 236 g/mol. The summed E-state index contributed by atoms with van der Waals surface area (Å²) in [6, 6.07) is 7.97. The van der Waals surface area contributed by atoms with Gasteiger partial charge >= 0.3 is 0 Å². The summed E-state index contributed by atoms with van der Waals surface area (Å²) in [6.07, 6.45) is 0. The van der Waals surface area contributed by atoms with Gasteiger partial charge in [0, 0.05) is 19.7 Å². The number of para-hydroxylation sites is 2. The Morgan fingerprint density at radius 3 is 2.59 bits per heavy atom. The first-order chi connectivity index (χ1) is 8.15. The maximum absolute atomic E-state index is 5.97. The molecular weight excluding hydrogens is 212 g/mol. The first-order valence-electron chi connectivity index (χ1n) is 6.32. The summed E-state index contributed by atoms with van der Waals surface area (Å²) in [5.41, 5.74) is 7.90. The molecule has 0 aromatic heterocycles. The molecule has 0 aliphatic carbocycles. The zero-order valence-corrected chi connectivity index (χ0v) is 11.1. The van der Waals surface area contributed by atoms with Crippen molar-refractivity contribution in [2.75, 3.05) is 36.9 Å². The number of benzene rings is 1. The second kappa shape index (κ2) is 7.17. The Morgan fingerprint density at radius 2 is 2.00 bits per heavy atom. The molecule has 0 saturated heterocycles. The van der Waals surface area contributed by atoms with E-state index in [1.807, 2.05) is 18.2 Å². The van der Waals surface area contributed by atoms with Gasteiger partial charge in [0.05, 0.1) is 18.0 Å². The van der Waals surface area contributed by atoms with Crippen LogP contribution in [0.3, 0.4) is 0 Å². The van der Waals surface area contributed by atoms with Gasteiger partial charge in [0.15, 0.2) is 0 Å². The van der Waals surface area contributed by atoms with E-state index in [1.54, 1.807) is 0 Å².